The summed E-state index contributed by atoms with van der Waals surface area (Å²) in [7, 11) is 1.50. The minimum absolute atomic E-state index is 0.0627. The molecule has 124 valence electrons. The van der Waals surface area contributed by atoms with Crippen molar-refractivity contribution in [1.82, 2.24) is 0 Å². The molecule has 1 aromatic carbocycles. The highest BCUT2D eigenvalue weighted by molar-refractivity contribution is 7.99. The van der Waals surface area contributed by atoms with Crippen molar-refractivity contribution in [1.29, 1.82) is 0 Å². The van der Waals surface area contributed by atoms with E-state index in [1.807, 2.05) is 0 Å². The van der Waals surface area contributed by atoms with Gasteiger partial charge >= 0.3 is 6.18 Å². The lowest BCUT2D eigenvalue weighted by Gasteiger charge is -2.11. The summed E-state index contributed by atoms with van der Waals surface area (Å²) in [6.45, 7) is 0.227. The van der Waals surface area contributed by atoms with E-state index in [2.05, 4.69) is 5.32 Å². The van der Waals surface area contributed by atoms with Crippen LogP contribution < -0.4 is 5.32 Å². The van der Waals surface area contributed by atoms with E-state index >= 15 is 0 Å². The van der Waals surface area contributed by atoms with Crippen LogP contribution in [0.2, 0.25) is 0 Å². The van der Waals surface area contributed by atoms with E-state index in [1.165, 1.54) is 25.3 Å². The molecule has 4 nitrogen and oxygen atoms in total. The predicted molar refractivity (Wildman–Crippen MR) is 80.6 cm³/mol. The number of rotatable bonds is 6. The molecule has 1 heterocycles. The summed E-state index contributed by atoms with van der Waals surface area (Å²) in [5.41, 5.74) is 0.302. The minimum atomic E-state index is -4.28. The third kappa shape index (κ3) is 5.33. The van der Waals surface area contributed by atoms with Crippen LogP contribution in [-0.4, -0.2) is 24.9 Å². The maximum Gasteiger partial charge on any atom is 0.398 e. The van der Waals surface area contributed by atoms with Gasteiger partial charge in [0.1, 0.15) is 12.4 Å². The molecule has 0 aliphatic carbocycles. The number of hydrogen-bond donors (Lipinski definition) is 1. The van der Waals surface area contributed by atoms with Crippen LogP contribution in [-0.2, 0) is 11.3 Å². The standard InChI is InChI=1S/C15H14F3NO3S/c1-21-8-10-6-7-12(22-10)14(20)19-11-4-2-3-5-13(11)23-9-15(16,17)18/h2-7H,8-9H2,1H3,(H,19,20). The summed E-state index contributed by atoms with van der Waals surface area (Å²) in [4.78, 5) is 12.4. The highest BCUT2D eigenvalue weighted by atomic mass is 32.2. The van der Waals surface area contributed by atoms with Gasteiger partial charge in [-0.1, -0.05) is 12.1 Å². The second-order valence-electron chi connectivity index (χ2n) is 4.55. The Labute approximate surface area is 135 Å². The van der Waals surface area contributed by atoms with Gasteiger partial charge in [0, 0.05) is 12.0 Å². The van der Waals surface area contributed by atoms with Crippen molar-refractivity contribution < 1.29 is 27.1 Å². The van der Waals surface area contributed by atoms with Gasteiger partial charge in [0.2, 0.25) is 0 Å². The van der Waals surface area contributed by atoms with Gasteiger partial charge in [-0.05, 0) is 24.3 Å². The number of carbonyl (C=O) groups excluding carboxylic acids is 1. The van der Waals surface area contributed by atoms with E-state index in [4.69, 9.17) is 9.15 Å². The predicted octanol–water partition coefficient (Wildman–Crippen LogP) is 4.33. The van der Waals surface area contributed by atoms with Gasteiger partial charge in [0.15, 0.2) is 5.76 Å². The molecule has 0 radical (unpaired) electrons. The number of alkyl halides is 3. The zero-order chi connectivity index (χ0) is 16.9. The van der Waals surface area contributed by atoms with Gasteiger partial charge in [-0.3, -0.25) is 4.79 Å². The SMILES string of the molecule is COCc1ccc(C(=O)Nc2ccccc2SCC(F)(F)F)o1. The first-order valence-corrected chi connectivity index (χ1v) is 7.55. The molecule has 0 saturated carbocycles. The number of amides is 1. The van der Waals surface area contributed by atoms with Crippen LogP contribution in [0.1, 0.15) is 16.3 Å². The number of methoxy groups -OCH3 is 1. The molecule has 2 aromatic rings. The fourth-order valence-electron chi connectivity index (χ4n) is 1.76. The first kappa shape index (κ1) is 17.4. The van der Waals surface area contributed by atoms with Crippen molar-refractivity contribution in [2.75, 3.05) is 18.2 Å². The number of nitrogens with one attached hydrogen (secondary N) is 1. The number of benzene rings is 1. The average Bonchev–Trinajstić information content (AvgIpc) is 2.95. The van der Waals surface area contributed by atoms with Crippen LogP contribution >= 0.6 is 11.8 Å². The maximum atomic E-state index is 12.3. The Morgan fingerprint density at radius 3 is 2.70 bits per heavy atom. The largest absolute Gasteiger partial charge is 0.453 e. The Morgan fingerprint density at radius 1 is 1.26 bits per heavy atom. The number of furan rings is 1. The number of halogens is 3. The van der Waals surface area contributed by atoms with E-state index in [0.717, 1.165) is 0 Å². The highest BCUT2D eigenvalue weighted by Crippen LogP contribution is 2.32. The van der Waals surface area contributed by atoms with Crippen LogP contribution in [0.5, 0.6) is 0 Å². The Hall–Kier alpha value is -1.93. The summed E-state index contributed by atoms with van der Waals surface area (Å²) in [6.07, 6.45) is -4.28. The smallest absolute Gasteiger partial charge is 0.398 e. The van der Waals surface area contributed by atoms with Gasteiger partial charge in [0.25, 0.3) is 5.91 Å². The second-order valence-corrected chi connectivity index (χ2v) is 5.57. The van der Waals surface area contributed by atoms with Gasteiger partial charge in [0.05, 0.1) is 11.4 Å². The van der Waals surface area contributed by atoms with Crippen molar-refractivity contribution in [2.45, 2.75) is 17.7 Å². The molecule has 0 aliphatic rings. The molecule has 1 N–H and O–H groups in total. The quantitative estimate of drug-likeness (QED) is 0.792. The zero-order valence-corrected chi connectivity index (χ0v) is 13.0. The van der Waals surface area contributed by atoms with Crippen LogP contribution in [0.3, 0.4) is 0 Å². The van der Waals surface area contributed by atoms with E-state index in [1.54, 1.807) is 18.2 Å². The first-order valence-electron chi connectivity index (χ1n) is 6.56. The number of para-hydroxylation sites is 1. The molecule has 0 spiro atoms. The Bertz CT molecular complexity index is 670. The molecule has 23 heavy (non-hydrogen) atoms. The molecule has 0 aliphatic heterocycles. The third-order valence-corrected chi connectivity index (χ3v) is 3.84. The van der Waals surface area contributed by atoms with Crippen LogP contribution in [0, 0.1) is 0 Å². The molecule has 8 heteroatoms. The number of hydrogen-bond acceptors (Lipinski definition) is 4. The molecule has 1 aromatic heterocycles. The Balaban J connectivity index is 2.08. The molecule has 0 fully saturated rings. The van der Waals surface area contributed by atoms with Crippen molar-refractivity contribution in [3.05, 3.63) is 47.9 Å². The van der Waals surface area contributed by atoms with E-state index < -0.39 is 17.8 Å². The van der Waals surface area contributed by atoms with Gasteiger partial charge in [-0.25, -0.2) is 0 Å². The monoisotopic (exact) mass is 345 g/mol. The zero-order valence-electron chi connectivity index (χ0n) is 12.1. The minimum Gasteiger partial charge on any atom is -0.453 e. The number of anilines is 1. The van der Waals surface area contributed by atoms with Gasteiger partial charge in [-0.15, -0.1) is 11.8 Å². The van der Waals surface area contributed by atoms with Crippen molar-refractivity contribution in [3.8, 4) is 0 Å². The lowest BCUT2D eigenvalue weighted by Crippen LogP contribution is -2.13. The third-order valence-electron chi connectivity index (χ3n) is 2.70. The van der Waals surface area contributed by atoms with E-state index in [-0.39, 0.29) is 12.4 Å². The molecular formula is C15H14F3NO3S. The van der Waals surface area contributed by atoms with Crippen molar-refractivity contribution in [2.24, 2.45) is 0 Å². The second kappa shape index (κ2) is 7.56. The molecule has 0 atom stereocenters. The van der Waals surface area contributed by atoms with Crippen LogP contribution in [0.4, 0.5) is 18.9 Å². The lowest BCUT2D eigenvalue weighted by molar-refractivity contribution is -0.105. The summed E-state index contributed by atoms with van der Waals surface area (Å²) < 4.78 is 47.2. The normalized spacial score (nSPS) is 11.5. The lowest BCUT2D eigenvalue weighted by atomic mass is 10.3. The summed E-state index contributed by atoms with van der Waals surface area (Å²) in [6, 6.07) is 9.38. The molecule has 1 amide bonds. The molecule has 0 saturated heterocycles. The molecule has 0 bridgehead atoms. The van der Waals surface area contributed by atoms with E-state index in [0.29, 0.717) is 28.1 Å². The average molecular weight is 345 g/mol. The van der Waals surface area contributed by atoms with E-state index in [9.17, 15) is 18.0 Å². The topological polar surface area (TPSA) is 51.5 Å². The number of thioether (sulfide) groups is 1. The molecular weight excluding hydrogens is 331 g/mol. The molecule has 0 unspecified atom stereocenters. The fourth-order valence-corrected chi connectivity index (χ4v) is 2.53. The van der Waals surface area contributed by atoms with Crippen molar-refractivity contribution in [3.63, 3.8) is 0 Å². The number of ether oxygens (including phenoxy) is 1. The van der Waals surface area contributed by atoms with Crippen molar-refractivity contribution >= 4 is 23.4 Å². The Morgan fingerprint density at radius 2 is 2.00 bits per heavy atom. The number of carbonyl (C=O) groups is 1. The first-order chi connectivity index (χ1) is 10.9. The summed E-state index contributed by atoms with van der Waals surface area (Å²) >= 11 is 0.614. The van der Waals surface area contributed by atoms with Gasteiger partial charge < -0.3 is 14.5 Å². The summed E-state index contributed by atoms with van der Waals surface area (Å²) in [5.74, 6) is -1.02. The van der Waals surface area contributed by atoms with Gasteiger partial charge in [-0.2, -0.15) is 13.2 Å². The van der Waals surface area contributed by atoms with Crippen LogP contribution in [0.25, 0.3) is 0 Å². The summed E-state index contributed by atoms with van der Waals surface area (Å²) in [5, 5.41) is 2.56. The highest BCUT2D eigenvalue weighted by Gasteiger charge is 2.27. The van der Waals surface area contributed by atoms with Crippen LogP contribution in [0.15, 0.2) is 45.7 Å². The maximum absolute atomic E-state index is 12.3. The molecule has 2 rings (SSSR count). The Kier molecular flexibility index (Phi) is 5.73. The fraction of sp³-hybridized carbons (Fsp3) is 0.267.